The number of aliphatic carboxylic acids is 1. The zero-order valence-corrected chi connectivity index (χ0v) is 21.3. The van der Waals surface area contributed by atoms with Gasteiger partial charge in [-0.2, -0.15) is 0 Å². The lowest BCUT2D eigenvalue weighted by Gasteiger charge is -2.43. The zero-order valence-electron chi connectivity index (χ0n) is 21.3. The van der Waals surface area contributed by atoms with E-state index >= 15 is 0 Å². The second-order valence-electron chi connectivity index (χ2n) is 10.1. The number of rotatable bonds is 9. The van der Waals surface area contributed by atoms with E-state index in [9.17, 15) is 40.2 Å². The molecule has 3 heterocycles. The number of carbonyl (C=O) groups is 2. The highest BCUT2D eigenvalue weighted by molar-refractivity contribution is 5.97. The molecule has 5 rings (SSSR count). The van der Waals surface area contributed by atoms with Gasteiger partial charge in [-0.25, -0.2) is 4.79 Å². The molecule has 0 spiro atoms. The number of aliphatic hydroxyl groups excluding tert-OH is 5. The average molecular weight is 561 g/mol. The van der Waals surface area contributed by atoms with Crippen LogP contribution in [-0.2, 0) is 30.2 Å². The van der Waals surface area contributed by atoms with Gasteiger partial charge in [0.05, 0.1) is 31.0 Å². The van der Waals surface area contributed by atoms with Crippen LogP contribution in [0.1, 0.15) is 12.0 Å². The first-order valence-electron chi connectivity index (χ1n) is 12.9. The van der Waals surface area contributed by atoms with E-state index < -0.39 is 73.4 Å². The Kier molecular flexibility index (Phi) is 8.24. The molecule has 216 valence electrons. The summed E-state index contributed by atoms with van der Waals surface area (Å²) < 4.78 is 16.9. The molecule has 2 aliphatic heterocycles. The van der Waals surface area contributed by atoms with Crippen LogP contribution in [0.15, 0.2) is 53.9 Å². The van der Waals surface area contributed by atoms with Crippen LogP contribution < -0.4 is 5.32 Å². The molecule has 1 aromatic carbocycles. The first kappa shape index (κ1) is 28.2. The molecule has 13 nitrogen and oxygen atoms in total. The fourth-order valence-electron chi connectivity index (χ4n) is 5.60. The fraction of sp³-hybridized carbons (Fsp3) is 0.481. The number of benzene rings is 1. The van der Waals surface area contributed by atoms with Gasteiger partial charge in [-0.3, -0.25) is 4.79 Å². The number of nitrogens with one attached hydrogen (secondary N) is 2. The summed E-state index contributed by atoms with van der Waals surface area (Å²) in [5.41, 5.74) is 2.24. The quantitative estimate of drug-likeness (QED) is 0.172. The van der Waals surface area contributed by atoms with E-state index in [4.69, 9.17) is 14.2 Å². The van der Waals surface area contributed by atoms with Crippen LogP contribution in [0.4, 0.5) is 0 Å². The lowest BCUT2D eigenvalue weighted by Crippen LogP contribution is -2.60. The first-order valence-corrected chi connectivity index (χ1v) is 12.9. The lowest BCUT2D eigenvalue weighted by molar-refractivity contribution is -0.339. The second kappa shape index (κ2) is 11.7. The minimum absolute atomic E-state index is 0.0380. The Labute approximate surface area is 228 Å². The number of aromatic nitrogens is 1. The van der Waals surface area contributed by atoms with Crippen molar-refractivity contribution < 1.29 is 54.4 Å². The van der Waals surface area contributed by atoms with Crippen LogP contribution in [-0.4, -0.2) is 104 Å². The van der Waals surface area contributed by atoms with Gasteiger partial charge in [-0.15, -0.1) is 0 Å². The molecular weight excluding hydrogens is 528 g/mol. The molecule has 0 radical (unpaired) electrons. The molecule has 1 aliphatic carbocycles. The van der Waals surface area contributed by atoms with Crippen molar-refractivity contribution in [3.8, 4) is 0 Å². The third-order valence-corrected chi connectivity index (χ3v) is 7.78. The highest BCUT2D eigenvalue weighted by Crippen LogP contribution is 2.44. The Morgan fingerprint density at radius 1 is 1.10 bits per heavy atom. The minimum atomic E-state index is -1.67. The summed E-state index contributed by atoms with van der Waals surface area (Å²) >= 11 is 0. The maximum absolute atomic E-state index is 13.3. The number of aromatic amines is 1. The van der Waals surface area contributed by atoms with Gasteiger partial charge in [0.15, 0.2) is 6.29 Å². The highest BCUT2D eigenvalue weighted by atomic mass is 16.8. The number of carbonyl (C=O) groups excluding carboxylic acids is 1. The maximum atomic E-state index is 13.3. The summed E-state index contributed by atoms with van der Waals surface area (Å²) in [5, 5.41) is 63.2. The molecular formula is C27H32N2O11. The van der Waals surface area contributed by atoms with Crippen molar-refractivity contribution in [2.24, 2.45) is 11.8 Å². The number of fused-ring (bicyclic) bond motifs is 2. The van der Waals surface area contributed by atoms with E-state index in [2.05, 4.69) is 10.3 Å². The smallest absolute Gasteiger partial charge is 0.326 e. The molecule has 3 aliphatic rings. The third-order valence-electron chi connectivity index (χ3n) is 7.78. The maximum Gasteiger partial charge on any atom is 0.326 e. The molecule has 0 bridgehead atoms. The van der Waals surface area contributed by atoms with Crippen molar-refractivity contribution in [3.63, 3.8) is 0 Å². The summed E-state index contributed by atoms with van der Waals surface area (Å²) in [6.45, 7) is -1.01. The van der Waals surface area contributed by atoms with Gasteiger partial charge in [0.25, 0.3) is 5.91 Å². The zero-order chi connectivity index (χ0) is 28.6. The number of allylic oxidation sites excluding steroid dienone is 1. The fourth-order valence-corrected chi connectivity index (χ4v) is 5.60. The van der Waals surface area contributed by atoms with Crippen molar-refractivity contribution in [3.05, 3.63) is 59.5 Å². The Hall–Kier alpha value is -3.30. The average Bonchev–Trinajstić information content (AvgIpc) is 3.57. The van der Waals surface area contributed by atoms with E-state index in [1.165, 1.54) is 0 Å². The molecule has 1 aromatic heterocycles. The first-order chi connectivity index (χ1) is 19.2. The van der Waals surface area contributed by atoms with E-state index in [-0.39, 0.29) is 18.6 Å². The number of ether oxygens (including phenoxy) is 3. The minimum Gasteiger partial charge on any atom is -0.480 e. The number of para-hydroxylation sites is 1. The highest BCUT2D eigenvalue weighted by Gasteiger charge is 2.49. The van der Waals surface area contributed by atoms with Crippen molar-refractivity contribution in [2.75, 3.05) is 13.2 Å². The van der Waals surface area contributed by atoms with E-state index in [1.54, 1.807) is 12.3 Å². The molecule has 1 fully saturated rings. The van der Waals surface area contributed by atoms with Crippen LogP contribution in [0, 0.1) is 11.8 Å². The van der Waals surface area contributed by atoms with Gasteiger partial charge < -0.3 is 55.2 Å². The van der Waals surface area contributed by atoms with E-state index in [0.717, 1.165) is 22.7 Å². The standard InChI is InChI=1S/C27H32N2O11/c30-9-12-5-6-15-16(11-38-26(20(12)15)40-27-23(34)22(33)21(32)19(10-31)39-27)24(35)29-18(25(36)37)7-13-8-28-17-4-2-1-3-14(13)17/h1-5,8,11,15,18-23,26-28,30-34H,6-7,9-10H2,(H,29,35)(H,36,37)/t15-,18+,19-,20-,21-,22+,23-,26+,27+/m1/s1. The number of aliphatic hydroxyl groups is 5. The van der Waals surface area contributed by atoms with E-state index in [0.29, 0.717) is 12.0 Å². The van der Waals surface area contributed by atoms with Crippen LogP contribution in [0.5, 0.6) is 0 Å². The van der Waals surface area contributed by atoms with Gasteiger partial charge >= 0.3 is 5.97 Å². The molecule has 2 aromatic rings. The van der Waals surface area contributed by atoms with Crippen LogP contribution in [0.2, 0.25) is 0 Å². The van der Waals surface area contributed by atoms with Crippen molar-refractivity contribution in [1.29, 1.82) is 0 Å². The second-order valence-corrected chi connectivity index (χ2v) is 10.1. The number of amides is 1. The van der Waals surface area contributed by atoms with Crippen LogP contribution >= 0.6 is 0 Å². The number of hydrogen-bond acceptors (Lipinski definition) is 10. The number of H-pyrrole nitrogens is 1. The lowest BCUT2D eigenvalue weighted by atomic mass is 9.83. The Balaban J connectivity index is 1.33. The van der Waals surface area contributed by atoms with Gasteiger partial charge in [0, 0.05) is 29.4 Å². The summed E-state index contributed by atoms with van der Waals surface area (Å²) in [7, 11) is 0. The van der Waals surface area contributed by atoms with Gasteiger partial charge in [0.1, 0.15) is 30.5 Å². The topological polar surface area (TPSA) is 211 Å². The molecule has 40 heavy (non-hydrogen) atoms. The SMILES string of the molecule is O=C(N[C@@H](Cc1c[nH]c2ccccc12)C(=O)O)C1=CO[C@@H](O[C@@H]2O[C@H](CO)[C@@H](O)[C@H](O)[C@H]2O)[C@@H]2C(CO)=CC[C@H]12. The Morgan fingerprint density at radius 2 is 1.88 bits per heavy atom. The Morgan fingerprint density at radius 3 is 2.60 bits per heavy atom. The molecule has 13 heteroatoms. The molecule has 1 amide bonds. The van der Waals surface area contributed by atoms with Crippen LogP contribution in [0.3, 0.4) is 0 Å². The Bertz CT molecular complexity index is 1300. The molecule has 1 saturated heterocycles. The van der Waals surface area contributed by atoms with Crippen molar-refractivity contribution in [2.45, 2.75) is 55.9 Å². The van der Waals surface area contributed by atoms with Crippen LogP contribution in [0.25, 0.3) is 10.9 Å². The summed E-state index contributed by atoms with van der Waals surface area (Å²) in [4.78, 5) is 28.5. The molecule has 8 N–H and O–H groups in total. The molecule has 0 unspecified atom stereocenters. The molecule has 0 saturated carbocycles. The predicted octanol–water partition coefficient (Wildman–Crippen LogP) is -1.11. The largest absolute Gasteiger partial charge is 0.480 e. The van der Waals surface area contributed by atoms with Gasteiger partial charge in [0.2, 0.25) is 6.29 Å². The van der Waals surface area contributed by atoms with Crippen molar-refractivity contribution in [1.82, 2.24) is 10.3 Å². The third kappa shape index (κ3) is 5.24. The summed E-state index contributed by atoms with van der Waals surface area (Å²) in [5.74, 6) is -3.11. The van der Waals surface area contributed by atoms with Gasteiger partial charge in [-0.1, -0.05) is 24.3 Å². The molecule has 9 atom stereocenters. The summed E-state index contributed by atoms with van der Waals surface area (Å²) in [6, 6.07) is 6.19. The number of carboxylic acid groups (broad SMARTS) is 1. The monoisotopic (exact) mass is 560 g/mol. The van der Waals surface area contributed by atoms with Crippen molar-refractivity contribution >= 4 is 22.8 Å². The number of carboxylic acids is 1. The van der Waals surface area contributed by atoms with Gasteiger partial charge in [-0.05, 0) is 23.6 Å². The van der Waals surface area contributed by atoms with E-state index in [1.807, 2.05) is 24.3 Å². The predicted molar refractivity (Wildman–Crippen MR) is 136 cm³/mol. The summed E-state index contributed by atoms with van der Waals surface area (Å²) in [6.07, 6.45) is -3.77. The normalized spacial score (nSPS) is 32.5. The number of hydrogen-bond donors (Lipinski definition) is 8.